The third kappa shape index (κ3) is 3.11. The highest BCUT2D eigenvalue weighted by molar-refractivity contribution is 7.17. The average Bonchev–Trinajstić information content (AvgIpc) is 3.70. The van der Waals surface area contributed by atoms with E-state index < -0.39 is 0 Å². The molecule has 47 heavy (non-hydrogen) atoms. The van der Waals surface area contributed by atoms with Crippen molar-refractivity contribution in [1.82, 2.24) is 4.57 Å². The molecule has 0 bridgehead atoms. The van der Waals surface area contributed by atoms with Gasteiger partial charge in [0, 0.05) is 53.5 Å². The Kier molecular flexibility index (Phi) is 4.88. The van der Waals surface area contributed by atoms with Gasteiger partial charge in [0.05, 0.1) is 16.4 Å². The van der Waals surface area contributed by atoms with E-state index in [-0.39, 0.29) is 16.7 Å². The van der Waals surface area contributed by atoms with Crippen LogP contribution < -0.4 is 14.5 Å². The number of hydrogen-bond donors (Lipinski definition) is 0. The fourth-order valence-electron chi connectivity index (χ4n) is 9.37. The zero-order chi connectivity index (χ0) is 30.9. The minimum absolute atomic E-state index is 0.158. The molecule has 0 fully saturated rings. The summed E-state index contributed by atoms with van der Waals surface area (Å²) in [5, 5.41) is 5.28. The van der Waals surface area contributed by atoms with Crippen LogP contribution in [0.2, 0.25) is 0 Å². The van der Waals surface area contributed by atoms with E-state index in [1.165, 1.54) is 69.6 Å². The summed E-state index contributed by atoms with van der Waals surface area (Å²) in [6.45, 7) is 2.46. The zero-order valence-electron chi connectivity index (χ0n) is 25.8. The molecule has 222 valence electrons. The summed E-state index contributed by atoms with van der Waals surface area (Å²) >= 11 is 1.93. The van der Waals surface area contributed by atoms with Crippen molar-refractivity contribution in [2.45, 2.75) is 17.8 Å². The van der Waals surface area contributed by atoms with Crippen LogP contribution in [0.25, 0.3) is 49.7 Å². The molecular formula is C44H29NOS. The third-order valence-corrected chi connectivity index (χ3v) is 12.3. The molecule has 6 aromatic carbocycles. The van der Waals surface area contributed by atoms with Crippen LogP contribution in [0.3, 0.4) is 0 Å². The Balaban J connectivity index is 1.26. The smallest absolute Gasteiger partial charge is 0.131 e. The number of nitrogens with zero attached hydrogens (tertiary/aromatic N) is 1. The number of rotatable bonds is 1. The van der Waals surface area contributed by atoms with Crippen LogP contribution in [-0.2, 0) is 10.8 Å². The van der Waals surface area contributed by atoms with Crippen molar-refractivity contribution in [3.63, 3.8) is 0 Å². The molecule has 1 spiro atoms. The molecule has 1 aliphatic heterocycles. The topological polar surface area (TPSA) is 14.2 Å². The maximum absolute atomic E-state index is 6.62. The summed E-state index contributed by atoms with van der Waals surface area (Å²) in [6, 6.07) is 51.1. The van der Waals surface area contributed by atoms with Gasteiger partial charge in [-0.3, -0.25) is 0 Å². The maximum atomic E-state index is 6.62. The molecule has 0 saturated carbocycles. The van der Waals surface area contributed by atoms with E-state index >= 15 is 0 Å². The Morgan fingerprint density at radius 2 is 1.23 bits per heavy atom. The molecular weight excluding hydrogens is 591 g/mol. The number of benzene rings is 6. The molecule has 0 saturated heterocycles. The maximum Gasteiger partial charge on any atom is 0.131 e. The van der Waals surface area contributed by atoms with Crippen molar-refractivity contribution >= 4 is 55.4 Å². The van der Waals surface area contributed by atoms with Gasteiger partial charge >= 0.3 is 0 Å². The SMILES string of the molecule is CC12C=c3sc4cc5c(cc4c3=CC1C1(c3ccccc3Oc3ccccc31)c1ccccc12)c1ccccc1n5-c1ccccc1. The largest absolute Gasteiger partial charge is 0.457 e. The van der Waals surface area contributed by atoms with Crippen molar-refractivity contribution in [1.29, 1.82) is 0 Å². The second-order valence-electron chi connectivity index (χ2n) is 13.5. The lowest BCUT2D eigenvalue weighted by Gasteiger charge is -2.45. The summed E-state index contributed by atoms with van der Waals surface area (Å²) in [5.41, 5.74) is 8.39. The molecule has 0 N–H and O–H groups in total. The molecule has 2 aromatic heterocycles. The first-order valence-electron chi connectivity index (χ1n) is 16.4. The Morgan fingerprint density at radius 3 is 2.00 bits per heavy atom. The van der Waals surface area contributed by atoms with E-state index in [0.717, 1.165) is 11.5 Å². The van der Waals surface area contributed by atoms with Crippen molar-refractivity contribution in [2.75, 3.05) is 0 Å². The molecule has 0 radical (unpaired) electrons. The summed E-state index contributed by atoms with van der Waals surface area (Å²) in [6.07, 6.45) is 5.23. The molecule has 11 rings (SSSR count). The molecule has 3 aliphatic rings. The van der Waals surface area contributed by atoms with Crippen LogP contribution in [0, 0.1) is 5.92 Å². The molecule has 2 nitrogen and oxygen atoms in total. The summed E-state index contributed by atoms with van der Waals surface area (Å²) in [4.78, 5) is 0. The zero-order valence-corrected chi connectivity index (χ0v) is 26.6. The van der Waals surface area contributed by atoms with Crippen LogP contribution in [0.5, 0.6) is 11.5 Å². The number of hydrogen-bond acceptors (Lipinski definition) is 2. The second kappa shape index (κ2) is 8.90. The molecule has 2 unspecified atom stereocenters. The quantitative estimate of drug-likeness (QED) is 0.179. The number of para-hydroxylation sites is 4. The Labute approximate surface area is 276 Å². The van der Waals surface area contributed by atoms with E-state index in [1.54, 1.807) is 0 Å². The van der Waals surface area contributed by atoms with Crippen molar-refractivity contribution in [2.24, 2.45) is 5.92 Å². The van der Waals surface area contributed by atoms with Crippen LogP contribution >= 0.6 is 11.3 Å². The lowest BCUT2D eigenvalue weighted by Crippen LogP contribution is -2.45. The average molecular weight is 620 g/mol. The Bertz CT molecular complexity index is 2700. The number of thiophene rings is 1. The molecule has 0 amide bonds. The van der Waals surface area contributed by atoms with Crippen LogP contribution in [-0.4, -0.2) is 4.57 Å². The van der Waals surface area contributed by atoms with Gasteiger partial charge in [0.25, 0.3) is 0 Å². The number of aromatic nitrogens is 1. The summed E-state index contributed by atoms with van der Waals surface area (Å²) in [5.74, 6) is 2.07. The molecule has 8 aromatic rings. The Morgan fingerprint density at radius 1 is 0.596 bits per heavy atom. The predicted octanol–water partition coefficient (Wildman–Crippen LogP) is 9.60. The van der Waals surface area contributed by atoms with Gasteiger partial charge in [-0.15, -0.1) is 11.3 Å². The van der Waals surface area contributed by atoms with E-state index in [9.17, 15) is 0 Å². The standard InChI is InChI=1S/C44H29NOS/c1-43-26-41-31(30-23-29-28-15-5-10-20-36(28)45(27-13-3-2-4-14-27)37(29)25-40(30)47-41)24-42(43)44(33-17-7-6-16-32(33)43)34-18-8-11-21-38(34)46-39-22-12-9-19-35(39)44/h2-26,42H,1H3. The third-order valence-electron chi connectivity index (χ3n) is 11.2. The molecule has 3 heterocycles. The van der Waals surface area contributed by atoms with Crippen LogP contribution in [0.1, 0.15) is 29.2 Å². The lowest BCUT2D eigenvalue weighted by atomic mass is 9.59. The summed E-state index contributed by atoms with van der Waals surface area (Å²) < 4.78 is 11.7. The van der Waals surface area contributed by atoms with Gasteiger partial charge in [-0.25, -0.2) is 0 Å². The first kappa shape index (κ1) is 25.8. The fraction of sp³-hybridized carbons (Fsp3) is 0.0909. The van der Waals surface area contributed by atoms with Crippen molar-refractivity contribution in [3.05, 3.63) is 172 Å². The normalized spacial score (nSPS) is 19.7. The van der Waals surface area contributed by atoms with Crippen LogP contribution in [0.15, 0.2) is 140 Å². The first-order chi connectivity index (χ1) is 23.2. The fourth-order valence-corrected chi connectivity index (χ4v) is 10.6. The lowest BCUT2D eigenvalue weighted by molar-refractivity contribution is 0.353. The minimum Gasteiger partial charge on any atom is -0.457 e. The number of fused-ring (bicyclic) bond motifs is 15. The highest BCUT2D eigenvalue weighted by Gasteiger charge is 2.61. The monoisotopic (exact) mass is 619 g/mol. The van der Waals surface area contributed by atoms with Crippen molar-refractivity contribution < 1.29 is 4.74 Å². The molecule has 2 aliphatic carbocycles. The van der Waals surface area contributed by atoms with Crippen LogP contribution in [0.4, 0.5) is 0 Å². The van der Waals surface area contributed by atoms with Gasteiger partial charge in [0.2, 0.25) is 0 Å². The number of ether oxygens (including phenoxy) is 1. The Hall–Kier alpha value is -5.38. The van der Waals surface area contributed by atoms with E-state index in [4.69, 9.17) is 4.74 Å². The molecule has 3 heteroatoms. The summed E-state index contributed by atoms with van der Waals surface area (Å²) in [7, 11) is 0. The van der Waals surface area contributed by atoms with E-state index in [1.807, 2.05) is 11.3 Å². The van der Waals surface area contributed by atoms with Crippen molar-refractivity contribution in [3.8, 4) is 17.2 Å². The van der Waals surface area contributed by atoms with E-state index in [0.29, 0.717) is 0 Å². The minimum atomic E-state index is -0.382. The van der Waals surface area contributed by atoms with Gasteiger partial charge in [0.1, 0.15) is 11.5 Å². The van der Waals surface area contributed by atoms with Gasteiger partial charge in [-0.05, 0) is 58.8 Å². The predicted molar refractivity (Wildman–Crippen MR) is 194 cm³/mol. The van der Waals surface area contributed by atoms with Gasteiger partial charge in [0.15, 0.2) is 0 Å². The van der Waals surface area contributed by atoms with E-state index in [2.05, 4.69) is 163 Å². The second-order valence-corrected chi connectivity index (χ2v) is 14.5. The van der Waals surface area contributed by atoms with Gasteiger partial charge in [-0.1, -0.05) is 116 Å². The van der Waals surface area contributed by atoms with Gasteiger partial charge < -0.3 is 9.30 Å². The molecule has 2 atom stereocenters. The first-order valence-corrected chi connectivity index (χ1v) is 17.2. The highest BCUT2D eigenvalue weighted by atomic mass is 32.1. The van der Waals surface area contributed by atoms with Gasteiger partial charge in [-0.2, -0.15) is 0 Å². The highest BCUT2D eigenvalue weighted by Crippen LogP contribution is 2.66.